The van der Waals surface area contributed by atoms with Gasteiger partial charge in [-0.3, -0.25) is 9.35 Å². The fourth-order valence-corrected chi connectivity index (χ4v) is 3.53. The van der Waals surface area contributed by atoms with Crippen LogP contribution in [0.25, 0.3) is 11.0 Å². The summed E-state index contributed by atoms with van der Waals surface area (Å²) >= 11 is 0. The Bertz CT molecular complexity index is 1140. The summed E-state index contributed by atoms with van der Waals surface area (Å²) in [6.07, 6.45) is -6.12. The van der Waals surface area contributed by atoms with E-state index in [1.807, 2.05) is 0 Å². The molecule has 1 aromatic heterocycles. The van der Waals surface area contributed by atoms with E-state index in [4.69, 9.17) is 18.4 Å². The van der Waals surface area contributed by atoms with E-state index < -0.39 is 59.2 Å². The molecular weight excluding hydrogens is 477 g/mol. The number of aryl methyl sites for hydroxylation is 1. The molecule has 1 aromatic carbocycles. The predicted molar refractivity (Wildman–Crippen MR) is 109 cm³/mol. The molecular formula is C18H21KNO11S. The Hall–Kier alpha value is -0.914. The van der Waals surface area contributed by atoms with Gasteiger partial charge in [0.05, 0.1) is 6.61 Å². The fraction of sp³-hybridized carbons (Fsp3) is 0.444. The van der Waals surface area contributed by atoms with Gasteiger partial charge in [-0.1, -0.05) is 0 Å². The molecule has 12 nitrogen and oxygen atoms in total. The van der Waals surface area contributed by atoms with Gasteiger partial charge in [-0.25, -0.2) is 8.98 Å². The van der Waals surface area contributed by atoms with Gasteiger partial charge in [0.2, 0.25) is 12.2 Å². The summed E-state index contributed by atoms with van der Waals surface area (Å²) in [5, 5.41) is 23.7. The zero-order valence-electron chi connectivity index (χ0n) is 17.4. The number of fused-ring (bicyclic) bond motifs is 1. The number of hydrogen-bond donors (Lipinski definition) is 4. The maximum absolute atomic E-state index is 11.6. The van der Waals surface area contributed by atoms with Crippen molar-refractivity contribution in [3.8, 4) is 5.75 Å². The quantitative estimate of drug-likeness (QED) is 0.215. The van der Waals surface area contributed by atoms with E-state index in [1.165, 1.54) is 25.1 Å². The van der Waals surface area contributed by atoms with Crippen LogP contribution in [0.15, 0.2) is 33.5 Å². The molecule has 32 heavy (non-hydrogen) atoms. The Morgan fingerprint density at radius 2 is 1.91 bits per heavy atom. The summed E-state index contributed by atoms with van der Waals surface area (Å²) in [6, 6.07) is 4.65. The van der Waals surface area contributed by atoms with Crippen LogP contribution in [-0.2, 0) is 24.1 Å². The normalized spacial score (nSPS) is 25.7. The van der Waals surface area contributed by atoms with Crippen LogP contribution >= 0.6 is 0 Å². The minimum absolute atomic E-state index is 0. The molecule has 14 heteroatoms. The molecule has 2 heterocycles. The maximum atomic E-state index is 11.6. The molecule has 0 unspecified atom stereocenters. The van der Waals surface area contributed by atoms with Crippen molar-refractivity contribution in [2.75, 3.05) is 6.61 Å². The third-order valence-electron chi connectivity index (χ3n) is 4.63. The van der Waals surface area contributed by atoms with Gasteiger partial charge in [0, 0.05) is 75.8 Å². The number of carbonyl (C=O) groups is 1. The van der Waals surface area contributed by atoms with Crippen molar-refractivity contribution >= 4 is 78.7 Å². The average Bonchev–Trinajstić information content (AvgIpc) is 2.65. The molecule has 0 bridgehead atoms. The van der Waals surface area contributed by atoms with Crippen molar-refractivity contribution in [1.82, 2.24) is 5.32 Å². The number of hydrogen-bond acceptors (Lipinski definition) is 10. The first-order valence-electron chi connectivity index (χ1n) is 9.06. The monoisotopic (exact) mass is 498 g/mol. The third kappa shape index (κ3) is 6.80. The van der Waals surface area contributed by atoms with E-state index in [-0.39, 0.29) is 62.7 Å². The molecule has 1 amide bonds. The molecule has 1 saturated heterocycles. The summed E-state index contributed by atoms with van der Waals surface area (Å²) in [5.74, 6) is -0.416. The van der Waals surface area contributed by atoms with Crippen molar-refractivity contribution in [2.45, 2.75) is 44.5 Å². The SMILES string of the molecule is CC(=O)N[C@H]1[C@H](Oc2ccc3c(C)cc(=O)oc3c2)O[C@H](COS(=O)(=O)O)[C@@H](O)[C@@H]1O.[K]. The van der Waals surface area contributed by atoms with Crippen LogP contribution in [0.4, 0.5) is 0 Å². The summed E-state index contributed by atoms with van der Waals surface area (Å²) in [4.78, 5) is 23.2. The largest absolute Gasteiger partial charge is 0.462 e. The van der Waals surface area contributed by atoms with Crippen molar-refractivity contribution in [1.29, 1.82) is 0 Å². The maximum Gasteiger partial charge on any atom is 0.397 e. The van der Waals surface area contributed by atoms with Crippen LogP contribution in [-0.4, -0.2) is 118 Å². The van der Waals surface area contributed by atoms with Gasteiger partial charge in [-0.15, -0.1) is 0 Å². The van der Waals surface area contributed by atoms with E-state index in [0.717, 1.165) is 0 Å². The number of amides is 1. The summed E-state index contributed by atoms with van der Waals surface area (Å²) < 4.78 is 51.0. The number of ether oxygens (including phenoxy) is 2. The van der Waals surface area contributed by atoms with Crippen molar-refractivity contribution in [3.05, 3.63) is 40.2 Å². The second-order valence-electron chi connectivity index (χ2n) is 6.99. The van der Waals surface area contributed by atoms with Gasteiger partial charge < -0.3 is 29.4 Å². The van der Waals surface area contributed by atoms with E-state index in [1.54, 1.807) is 13.0 Å². The first-order chi connectivity index (χ1) is 14.4. The zero-order chi connectivity index (χ0) is 22.9. The number of nitrogens with one attached hydrogen (secondary N) is 1. The minimum atomic E-state index is -4.83. The predicted octanol–water partition coefficient (Wildman–Crippen LogP) is -1.13. The van der Waals surface area contributed by atoms with Gasteiger partial charge in [0.25, 0.3) is 0 Å². The molecule has 0 aliphatic carbocycles. The molecule has 0 spiro atoms. The summed E-state index contributed by atoms with van der Waals surface area (Å²) in [7, 11) is -4.83. The average molecular weight is 499 g/mol. The van der Waals surface area contributed by atoms with Crippen LogP contribution in [0.3, 0.4) is 0 Å². The van der Waals surface area contributed by atoms with Gasteiger partial charge in [0.15, 0.2) is 0 Å². The number of carbonyl (C=O) groups excluding carboxylic acids is 1. The molecule has 4 N–H and O–H groups in total. The van der Waals surface area contributed by atoms with E-state index in [2.05, 4.69) is 9.50 Å². The first-order valence-corrected chi connectivity index (χ1v) is 10.4. The Morgan fingerprint density at radius 1 is 1.22 bits per heavy atom. The summed E-state index contributed by atoms with van der Waals surface area (Å²) in [5.41, 5.74) is 0.346. The van der Waals surface area contributed by atoms with E-state index in [9.17, 15) is 28.2 Å². The van der Waals surface area contributed by atoms with Crippen LogP contribution in [0.1, 0.15) is 12.5 Å². The van der Waals surface area contributed by atoms with Gasteiger partial charge >= 0.3 is 16.0 Å². The molecule has 5 atom stereocenters. The Morgan fingerprint density at radius 3 is 2.53 bits per heavy atom. The summed E-state index contributed by atoms with van der Waals surface area (Å²) in [6.45, 7) is 2.08. The fourth-order valence-electron chi connectivity index (χ4n) is 3.22. The molecule has 3 rings (SSSR count). The smallest absolute Gasteiger partial charge is 0.397 e. The Labute approximate surface area is 225 Å². The van der Waals surface area contributed by atoms with Crippen molar-refractivity contribution in [3.63, 3.8) is 0 Å². The van der Waals surface area contributed by atoms with Crippen molar-refractivity contribution in [2.24, 2.45) is 0 Å². The van der Waals surface area contributed by atoms with Crippen LogP contribution in [0.5, 0.6) is 5.75 Å². The van der Waals surface area contributed by atoms with Gasteiger partial charge in [-0.05, 0) is 24.6 Å². The standard InChI is InChI=1S/C18H21NO11S.K/c1-8-5-14(21)29-12-6-10(3-4-11(8)12)28-18-15(19-9(2)20)17(23)16(22)13(30-18)7-27-31(24,25)26;/h3-6,13,15-18,22-23H,7H2,1-2H3,(H,19,20)(H,24,25,26);/t13-,15-,16-,17-,18-;/m1./s1. The van der Waals surface area contributed by atoms with Crippen LogP contribution in [0.2, 0.25) is 0 Å². The molecule has 0 saturated carbocycles. The van der Waals surface area contributed by atoms with E-state index in [0.29, 0.717) is 10.9 Å². The number of benzene rings is 1. The second kappa shape index (κ2) is 11.0. The second-order valence-corrected chi connectivity index (χ2v) is 8.08. The number of rotatable bonds is 6. The van der Waals surface area contributed by atoms with Gasteiger partial charge in [-0.2, -0.15) is 8.42 Å². The van der Waals surface area contributed by atoms with Crippen LogP contribution in [0, 0.1) is 6.92 Å². The van der Waals surface area contributed by atoms with Crippen molar-refractivity contribution < 1.29 is 46.1 Å². The Kier molecular flexibility index (Phi) is 9.40. The number of aliphatic hydroxyl groups excluding tert-OH is 2. The molecule has 1 aliphatic heterocycles. The number of aliphatic hydroxyl groups is 2. The molecule has 171 valence electrons. The molecule has 1 aliphatic rings. The molecule has 1 radical (unpaired) electrons. The van der Waals surface area contributed by atoms with E-state index >= 15 is 0 Å². The van der Waals surface area contributed by atoms with Crippen LogP contribution < -0.4 is 15.7 Å². The third-order valence-corrected chi connectivity index (χ3v) is 5.06. The molecule has 1 fully saturated rings. The minimum Gasteiger partial charge on any atom is -0.462 e. The van der Waals surface area contributed by atoms with Gasteiger partial charge in [0.1, 0.15) is 35.7 Å². The first kappa shape index (κ1) is 27.3. The molecule has 2 aromatic rings. The Balaban J connectivity index is 0.00000363. The zero-order valence-corrected chi connectivity index (χ0v) is 21.4. The topological polar surface area (TPSA) is 182 Å².